The quantitative estimate of drug-likeness (QED) is 0.0228. The van der Waals surface area contributed by atoms with Crippen LogP contribution in [0.5, 0.6) is 5.75 Å². The van der Waals surface area contributed by atoms with Crippen LogP contribution in [0.4, 0.5) is 0 Å². The van der Waals surface area contributed by atoms with E-state index in [9.17, 15) is 9.59 Å². The number of carbonyl (C=O) groups is 2. The lowest BCUT2D eigenvalue weighted by Crippen LogP contribution is -2.66. The standard InChI is InChI=1S/C54H72O7Si2/c1-43(25-23-24-39-55)51(58-42-44-34-36-46(57-8)37-35-44)33-22-12-17-28-48(61-62(9,10)53(2,3)4)41-47(60-52(56)45-26-15-11-16-27-45)38-40-59-63(54(5,6)7,49-29-18-13-19-30-49)50-31-20-14-21-32-50/h11-24,26-27,29-37,39,43,47-48,51H,25,28,38,40-42H2,1-10H3/b17-12+,24-23+,33-22+/t43-,47-,48+,51+/m1/s1. The summed E-state index contributed by atoms with van der Waals surface area (Å²) in [5.41, 5.74) is 1.56. The van der Waals surface area contributed by atoms with E-state index in [0.717, 1.165) is 17.6 Å². The van der Waals surface area contributed by atoms with E-state index < -0.39 is 22.7 Å². The minimum absolute atomic E-state index is 0.0274. The molecule has 0 radical (unpaired) electrons. The van der Waals surface area contributed by atoms with E-state index in [2.05, 4.69) is 140 Å². The molecular formula is C54H72O7Si2. The molecule has 0 amide bonds. The monoisotopic (exact) mass is 888 g/mol. The van der Waals surface area contributed by atoms with Crippen LogP contribution in [0.2, 0.25) is 23.2 Å². The fraction of sp³-hybridized carbons (Fsp3) is 0.407. The third-order valence-electron chi connectivity index (χ3n) is 12.1. The van der Waals surface area contributed by atoms with Gasteiger partial charge in [-0.05, 0) is 88.2 Å². The van der Waals surface area contributed by atoms with Crippen LogP contribution >= 0.6 is 0 Å². The summed E-state index contributed by atoms with van der Waals surface area (Å²) in [5, 5.41) is 2.19. The highest BCUT2D eigenvalue weighted by Gasteiger charge is 2.50. The minimum Gasteiger partial charge on any atom is -0.497 e. The fourth-order valence-corrected chi connectivity index (χ4v) is 13.5. The average molecular weight is 889 g/mol. The zero-order chi connectivity index (χ0) is 45.9. The highest BCUT2D eigenvalue weighted by Crippen LogP contribution is 2.39. The Labute approximate surface area is 380 Å². The van der Waals surface area contributed by atoms with E-state index in [4.69, 9.17) is 23.1 Å². The van der Waals surface area contributed by atoms with Gasteiger partial charge in [-0.15, -0.1) is 0 Å². The van der Waals surface area contributed by atoms with E-state index in [1.165, 1.54) is 16.4 Å². The van der Waals surface area contributed by atoms with Gasteiger partial charge in [0, 0.05) is 19.4 Å². The summed E-state index contributed by atoms with van der Waals surface area (Å²) in [5.74, 6) is 0.575. The maximum Gasteiger partial charge on any atom is 0.338 e. The van der Waals surface area contributed by atoms with Crippen molar-refractivity contribution in [3.05, 3.63) is 163 Å². The number of hydrogen-bond acceptors (Lipinski definition) is 7. The molecule has 338 valence electrons. The Kier molecular flexibility index (Phi) is 19.8. The van der Waals surface area contributed by atoms with Gasteiger partial charge in [0.25, 0.3) is 8.32 Å². The van der Waals surface area contributed by atoms with Crippen LogP contribution in [-0.2, 0) is 29.7 Å². The minimum atomic E-state index is -2.83. The molecule has 63 heavy (non-hydrogen) atoms. The molecule has 0 aliphatic heterocycles. The van der Waals surface area contributed by atoms with E-state index in [0.29, 0.717) is 44.5 Å². The van der Waals surface area contributed by atoms with Crippen molar-refractivity contribution in [2.24, 2.45) is 5.92 Å². The Morgan fingerprint density at radius 1 is 0.698 bits per heavy atom. The molecule has 7 nitrogen and oxygen atoms in total. The second kappa shape index (κ2) is 24.4. The molecule has 0 spiro atoms. The van der Waals surface area contributed by atoms with Crippen LogP contribution in [-0.4, -0.2) is 60.9 Å². The van der Waals surface area contributed by atoms with Crippen LogP contribution in [0.3, 0.4) is 0 Å². The summed E-state index contributed by atoms with van der Waals surface area (Å²) < 4.78 is 32.6. The molecule has 0 fully saturated rings. The molecule has 0 aromatic heterocycles. The first-order valence-corrected chi connectivity index (χ1v) is 27.2. The first-order chi connectivity index (χ1) is 30.0. The Morgan fingerprint density at radius 2 is 1.27 bits per heavy atom. The van der Waals surface area contributed by atoms with Crippen LogP contribution in [0.15, 0.2) is 152 Å². The van der Waals surface area contributed by atoms with Gasteiger partial charge in [0.05, 0.1) is 31.5 Å². The molecule has 0 heterocycles. The Balaban J connectivity index is 1.61. The second-order valence-corrected chi connectivity index (χ2v) is 27.9. The predicted octanol–water partition coefficient (Wildman–Crippen LogP) is 11.8. The van der Waals surface area contributed by atoms with Gasteiger partial charge in [-0.3, -0.25) is 4.79 Å². The number of esters is 1. The first-order valence-electron chi connectivity index (χ1n) is 22.4. The Morgan fingerprint density at radius 3 is 1.81 bits per heavy atom. The third-order valence-corrected chi connectivity index (χ3v) is 21.7. The van der Waals surface area contributed by atoms with Gasteiger partial charge >= 0.3 is 5.97 Å². The maximum atomic E-state index is 13.8. The summed E-state index contributed by atoms with van der Waals surface area (Å²) >= 11 is 0. The Bertz CT molecular complexity index is 1990. The van der Waals surface area contributed by atoms with Crippen molar-refractivity contribution < 1.29 is 32.7 Å². The molecule has 9 heteroatoms. The molecule has 0 aliphatic carbocycles. The predicted molar refractivity (Wildman–Crippen MR) is 264 cm³/mol. The molecule has 4 aromatic rings. The average Bonchev–Trinajstić information content (AvgIpc) is 3.26. The van der Waals surface area contributed by atoms with Crippen molar-refractivity contribution in [2.45, 2.75) is 122 Å². The van der Waals surface area contributed by atoms with Gasteiger partial charge in [-0.1, -0.05) is 170 Å². The second-order valence-electron chi connectivity index (χ2n) is 18.9. The SMILES string of the molecule is COc1ccc(CO[C@@H](/C=C/C=C/C[C@@H](C[C@@H](CCO[Si](c2ccccc2)(c2ccccc2)C(C)(C)C)OC(=O)c2ccccc2)O[Si](C)(C)C(C)(C)C)[C@H](C)C/C=C/C=O)cc1. The number of allylic oxidation sites excluding steroid dienone is 4. The lowest BCUT2D eigenvalue weighted by molar-refractivity contribution is -0.104. The summed E-state index contributed by atoms with van der Waals surface area (Å²) in [6, 6.07) is 38.3. The molecule has 0 aliphatic rings. The molecule has 0 bridgehead atoms. The van der Waals surface area contributed by atoms with Crippen molar-refractivity contribution in [1.29, 1.82) is 0 Å². The van der Waals surface area contributed by atoms with Gasteiger partial charge in [0.1, 0.15) is 18.1 Å². The van der Waals surface area contributed by atoms with Gasteiger partial charge in [-0.25, -0.2) is 4.79 Å². The van der Waals surface area contributed by atoms with Crippen LogP contribution < -0.4 is 15.1 Å². The lowest BCUT2D eigenvalue weighted by atomic mass is 9.99. The normalized spacial score (nSPS) is 14.8. The van der Waals surface area contributed by atoms with Gasteiger partial charge in [0.2, 0.25) is 0 Å². The number of ether oxygens (including phenoxy) is 3. The molecule has 4 atom stereocenters. The number of hydrogen-bond donors (Lipinski definition) is 0. The lowest BCUT2D eigenvalue weighted by Gasteiger charge is -2.43. The topological polar surface area (TPSA) is 80.3 Å². The zero-order valence-electron chi connectivity index (χ0n) is 39.4. The summed E-state index contributed by atoms with van der Waals surface area (Å²) in [4.78, 5) is 24.8. The summed E-state index contributed by atoms with van der Waals surface area (Å²) in [6.07, 6.45) is 14.0. The number of carbonyl (C=O) groups excluding carboxylic acids is 2. The highest BCUT2D eigenvalue weighted by molar-refractivity contribution is 6.99. The molecule has 4 rings (SSSR count). The molecular weight excluding hydrogens is 817 g/mol. The van der Waals surface area contributed by atoms with Crippen LogP contribution in [0, 0.1) is 5.92 Å². The molecule has 0 N–H and O–H groups in total. The summed E-state index contributed by atoms with van der Waals surface area (Å²) in [6.45, 7) is 21.1. The van der Waals surface area contributed by atoms with Crippen LogP contribution in [0.25, 0.3) is 0 Å². The van der Waals surface area contributed by atoms with Crippen molar-refractivity contribution in [2.75, 3.05) is 13.7 Å². The van der Waals surface area contributed by atoms with Crippen molar-refractivity contribution in [3.63, 3.8) is 0 Å². The molecule has 0 saturated heterocycles. The first kappa shape index (κ1) is 51.0. The molecule has 0 saturated carbocycles. The van der Waals surface area contributed by atoms with Crippen molar-refractivity contribution >= 4 is 39.3 Å². The zero-order valence-corrected chi connectivity index (χ0v) is 41.4. The largest absolute Gasteiger partial charge is 0.497 e. The van der Waals surface area contributed by atoms with Crippen molar-refractivity contribution in [1.82, 2.24) is 0 Å². The molecule has 4 aromatic carbocycles. The number of rotatable bonds is 24. The smallest absolute Gasteiger partial charge is 0.338 e. The van der Waals surface area contributed by atoms with Crippen LogP contribution in [0.1, 0.15) is 90.1 Å². The highest BCUT2D eigenvalue weighted by atomic mass is 28.4. The van der Waals surface area contributed by atoms with Gasteiger partial charge in [-0.2, -0.15) is 0 Å². The summed E-state index contributed by atoms with van der Waals surface area (Å²) in [7, 11) is -3.43. The molecule has 0 unspecified atom stereocenters. The Hall–Kier alpha value is -4.65. The van der Waals surface area contributed by atoms with E-state index in [1.807, 2.05) is 54.6 Å². The number of aldehydes is 1. The maximum absolute atomic E-state index is 13.8. The van der Waals surface area contributed by atoms with E-state index in [-0.39, 0.29) is 34.2 Å². The third kappa shape index (κ3) is 15.2. The van der Waals surface area contributed by atoms with Crippen molar-refractivity contribution in [3.8, 4) is 5.75 Å². The number of methoxy groups -OCH3 is 1. The van der Waals surface area contributed by atoms with Gasteiger partial charge < -0.3 is 23.1 Å². The van der Waals surface area contributed by atoms with E-state index >= 15 is 0 Å². The van der Waals surface area contributed by atoms with E-state index in [1.54, 1.807) is 19.2 Å². The number of benzene rings is 4. The van der Waals surface area contributed by atoms with Gasteiger partial charge in [0.15, 0.2) is 8.32 Å². The fourth-order valence-electron chi connectivity index (χ4n) is 7.49.